The molecular formula is C20H25N3O3S. The number of carbonyl (C=O) groups is 2. The lowest BCUT2D eigenvalue weighted by Crippen LogP contribution is -2.46. The molecule has 2 heterocycles. The minimum Gasteiger partial charge on any atom is -0.477 e. The standard InChI is InChI=1S/C20H25N3O3S/c1-14-3-5-15(6-4-14)21-19(24)16(13-23-11-9-22(2)10-12-23)17-7-8-18(27-17)20(25)26/h3-8,16H,9-13H2,1-2H3,(H,21,24)(H,25,26). The van der Waals surface area contributed by atoms with Gasteiger partial charge in [-0.1, -0.05) is 17.7 Å². The smallest absolute Gasteiger partial charge is 0.345 e. The molecule has 0 bridgehead atoms. The molecule has 144 valence electrons. The highest BCUT2D eigenvalue weighted by Crippen LogP contribution is 2.28. The predicted octanol–water partition coefficient (Wildman–Crippen LogP) is 2.72. The van der Waals surface area contributed by atoms with Crippen LogP contribution in [0.25, 0.3) is 0 Å². The largest absolute Gasteiger partial charge is 0.477 e. The number of nitrogens with one attached hydrogen (secondary N) is 1. The summed E-state index contributed by atoms with van der Waals surface area (Å²) in [6.45, 7) is 6.34. The van der Waals surface area contributed by atoms with E-state index in [1.54, 1.807) is 12.1 Å². The van der Waals surface area contributed by atoms with E-state index in [4.69, 9.17) is 0 Å². The Morgan fingerprint density at radius 1 is 1.11 bits per heavy atom. The Labute approximate surface area is 163 Å². The van der Waals surface area contributed by atoms with Crippen LogP contribution >= 0.6 is 11.3 Å². The summed E-state index contributed by atoms with van der Waals surface area (Å²) in [5, 5.41) is 12.2. The van der Waals surface area contributed by atoms with E-state index < -0.39 is 11.9 Å². The summed E-state index contributed by atoms with van der Waals surface area (Å²) in [5.74, 6) is -1.45. The zero-order valence-electron chi connectivity index (χ0n) is 15.6. The average molecular weight is 388 g/mol. The predicted molar refractivity (Wildman–Crippen MR) is 108 cm³/mol. The van der Waals surface area contributed by atoms with Crippen molar-refractivity contribution >= 4 is 28.9 Å². The quantitative estimate of drug-likeness (QED) is 0.797. The van der Waals surface area contributed by atoms with Gasteiger partial charge in [0.2, 0.25) is 5.91 Å². The number of hydrogen-bond acceptors (Lipinski definition) is 5. The van der Waals surface area contributed by atoms with E-state index in [2.05, 4.69) is 22.2 Å². The van der Waals surface area contributed by atoms with Gasteiger partial charge in [0.1, 0.15) is 4.88 Å². The van der Waals surface area contributed by atoms with Gasteiger partial charge in [0.25, 0.3) is 0 Å². The molecule has 1 aliphatic rings. The molecular weight excluding hydrogens is 362 g/mol. The third-order valence-corrected chi connectivity index (χ3v) is 6.04. The first-order valence-corrected chi connectivity index (χ1v) is 9.85. The van der Waals surface area contributed by atoms with E-state index >= 15 is 0 Å². The highest BCUT2D eigenvalue weighted by atomic mass is 32.1. The number of likely N-dealkylation sites (N-methyl/N-ethyl adjacent to an activating group) is 1. The summed E-state index contributed by atoms with van der Waals surface area (Å²) in [7, 11) is 2.09. The summed E-state index contributed by atoms with van der Waals surface area (Å²) < 4.78 is 0. The van der Waals surface area contributed by atoms with E-state index in [1.807, 2.05) is 31.2 Å². The summed E-state index contributed by atoms with van der Waals surface area (Å²) in [6, 6.07) is 11.0. The Morgan fingerprint density at radius 3 is 2.37 bits per heavy atom. The van der Waals surface area contributed by atoms with Gasteiger partial charge >= 0.3 is 5.97 Å². The van der Waals surface area contributed by atoms with Gasteiger partial charge in [0, 0.05) is 43.3 Å². The number of nitrogens with zero attached hydrogens (tertiary/aromatic N) is 2. The summed E-state index contributed by atoms with van der Waals surface area (Å²) in [6.07, 6.45) is 0. The molecule has 0 radical (unpaired) electrons. The molecule has 0 spiro atoms. The zero-order valence-corrected chi connectivity index (χ0v) is 16.5. The summed E-state index contributed by atoms with van der Waals surface area (Å²) >= 11 is 1.18. The van der Waals surface area contributed by atoms with Crippen LogP contribution in [0.5, 0.6) is 0 Å². The lowest BCUT2D eigenvalue weighted by atomic mass is 10.0. The van der Waals surface area contributed by atoms with Gasteiger partial charge in [-0.2, -0.15) is 0 Å². The van der Waals surface area contributed by atoms with E-state index in [-0.39, 0.29) is 10.8 Å². The van der Waals surface area contributed by atoms with Gasteiger partial charge in [0.15, 0.2) is 0 Å². The molecule has 1 aliphatic heterocycles. The number of amides is 1. The molecule has 2 aromatic rings. The highest BCUT2D eigenvalue weighted by molar-refractivity contribution is 7.14. The molecule has 1 unspecified atom stereocenters. The molecule has 6 nitrogen and oxygen atoms in total. The van der Waals surface area contributed by atoms with Crippen molar-refractivity contribution in [2.45, 2.75) is 12.8 Å². The topological polar surface area (TPSA) is 72.9 Å². The molecule has 0 aliphatic carbocycles. The van der Waals surface area contributed by atoms with Crippen LogP contribution in [0.2, 0.25) is 0 Å². The van der Waals surface area contributed by atoms with Crippen molar-refractivity contribution in [1.29, 1.82) is 0 Å². The first-order chi connectivity index (χ1) is 12.9. The van der Waals surface area contributed by atoms with Crippen molar-refractivity contribution in [2.75, 3.05) is 45.1 Å². The lowest BCUT2D eigenvalue weighted by Gasteiger charge is -2.34. The minimum atomic E-state index is -0.955. The SMILES string of the molecule is Cc1ccc(NC(=O)C(CN2CCN(C)CC2)c2ccc(C(=O)O)s2)cc1. The number of carboxylic acids is 1. The van der Waals surface area contributed by atoms with Crippen LogP contribution in [0.4, 0.5) is 5.69 Å². The molecule has 1 atom stereocenters. The maximum atomic E-state index is 13.0. The maximum absolute atomic E-state index is 13.0. The second-order valence-corrected chi connectivity index (χ2v) is 8.13. The number of carboxylic acid groups (broad SMARTS) is 1. The molecule has 1 aromatic heterocycles. The number of benzene rings is 1. The molecule has 1 aromatic carbocycles. The Kier molecular flexibility index (Phi) is 6.26. The van der Waals surface area contributed by atoms with Gasteiger partial charge in [-0.3, -0.25) is 9.69 Å². The monoisotopic (exact) mass is 387 g/mol. The summed E-state index contributed by atoms with van der Waals surface area (Å²) in [4.78, 5) is 29.9. The molecule has 1 fully saturated rings. The normalized spacial score (nSPS) is 16.8. The van der Waals surface area contributed by atoms with E-state index in [0.29, 0.717) is 6.54 Å². The molecule has 1 saturated heterocycles. The van der Waals surface area contributed by atoms with Gasteiger partial charge in [0.05, 0.1) is 5.92 Å². The van der Waals surface area contributed by atoms with Gasteiger partial charge in [-0.15, -0.1) is 11.3 Å². The number of rotatable bonds is 6. The van der Waals surface area contributed by atoms with Crippen LogP contribution in [0.1, 0.15) is 26.0 Å². The second-order valence-electron chi connectivity index (χ2n) is 7.02. The van der Waals surface area contributed by atoms with Crippen molar-refractivity contribution in [3.63, 3.8) is 0 Å². The Bertz CT molecular complexity index is 795. The fourth-order valence-corrected chi connectivity index (χ4v) is 4.05. The first kappa shape index (κ1) is 19.5. The fraction of sp³-hybridized carbons (Fsp3) is 0.400. The van der Waals surface area contributed by atoms with Gasteiger partial charge in [-0.05, 0) is 38.2 Å². The number of hydrogen-bond donors (Lipinski definition) is 2. The fourth-order valence-electron chi connectivity index (χ4n) is 3.11. The van der Waals surface area contributed by atoms with Gasteiger partial charge in [-0.25, -0.2) is 4.79 Å². The molecule has 3 rings (SSSR count). The molecule has 27 heavy (non-hydrogen) atoms. The molecule has 1 amide bonds. The summed E-state index contributed by atoms with van der Waals surface area (Å²) in [5.41, 5.74) is 1.88. The van der Waals surface area contributed by atoms with Crippen LogP contribution < -0.4 is 5.32 Å². The minimum absolute atomic E-state index is 0.100. The van der Waals surface area contributed by atoms with Crippen molar-refractivity contribution in [1.82, 2.24) is 9.80 Å². The number of piperazine rings is 1. The number of anilines is 1. The maximum Gasteiger partial charge on any atom is 0.345 e. The third kappa shape index (κ3) is 5.15. The van der Waals surface area contributed by atoms with Crippen molar-refractivity contribution in [2.24, 2.45) is 0 Å². The average Bonchev–Trinajstić information content (AvgIpc) is 3.13. The molecule has 2 N–H and O–H groups in total. The van der Waals surface area contributed by atoms with Crippen LogP contribution in [-0.4, -0.2) is 66.6 Å². The van der Waals surface area contributed by atoms with Crippen LogP contribution in [0.3, 0.4) is 0 Å². The van der Waals surface area contributed by atoms with Gasteiger partial charge < -0.3 is 15.3 Å². The van der Waals surface area contributed by atoms with Crippen LogP contribution in [0, 0.1) is 6.92 Å². The molecule has 0 saturated carbocycles. The Hall–Kier alpha value is -2.22. The Balaban J connectivity index is 1.78. The van der Waals surface area contributed by atoms with E-state index in [0.717, 1.165) is 42.3 Å². The van der Waals surface area contributed by atoms with Crippen molar-refractivity contribution < 1.29 is 14.7 Å². The number of carbonyl (C=O) groups excluding carboxylic acids is 1. The first-order valence-electron chi connectivity index (χ1n) is 9.04. The zero-order chi connectivity index (χ0) is 19.4. The highest BCUT2D eigenvalue weighted by Gasteiger charge is 2.27. The van der Waals surface area contributed by atoms with E-state index in [9.17, 15) is 14.7 Å². The van der Waals surface area contributed by atoms with Crippen molar-refractivity contribution in [3.05, 3.63) is 51.7 Å². The Morgan fingerprint density at radius 2 is 1.78 bits per heavy atom. The second kappa shape index (κ2) is 8.65. The lowest BCUT2D eigenvalue weighted by molar-refractivity contribution is -0.118. The number of aryl methyl sites for hydroxylation is 1. The van der Waals surface area contributed by atoms with Crippen LogP contribution in [-0.2, 0) is 4.79 Å². The van der Waals surface area contributed by atoms with E-state index in [1.165, 1.54) is 11.3 Å². The van der Waals surface area contributed by atoms with Crippen LogP contribution in [0.15, 0.2) is 36.4 Å². The number of aromatic carboxylic acids is 1. The van der Waals surface area contributed by atoms with Crippen molar-refractivity contribution in [3.8, 4) is 0 Å². The third-order valence-electron chi connectivity index (χ3n) is 4.85. The molecule has 7 heteroatoms. The number of thiophene rings is 1.